The summed E-state index contributed by atoms with van der Waals surface area (Å²) in [5, 5.41) is 9.92. The third kappa shape index (κ3) is 4.64. The van der Waals surface area contributed by atoms with E-state index >= 15 is 0 Å². The number of benzene rings is 2. The Kier molecular flexibility index (Phi) is 6.31. The number of thioether (sulfide) groups is 1. The number of phenols is 1. The fourth-order valence-corrected chi connectivity index (χ4v) is 2.45. The minimum Gasteiger partial charge on any atom is -0.507 e. The lowest BCUT2D eigenvalue weighted by atomic mass is 10.2. The van der Waals surface area contributed by atoms with Crippen molar-refractivity contribution in [1.82, 2.24) is 0 Å². The van der Waals surface area contributed by atoms with Gasteiger partial charge in [-0.2, -0.15) is 0 Å². The van der Waals surface area contributed by atoms with Gasteiger partial charge in [-0.05, 0) is 24.5 Å². The molecule has 0 amide bonds. The van der Waals surface area contributed by atoms with Crippen molar-refractivity contribution in [3.63, 3.8) is 0 Å². The minimum atomic E-state index is -0.415. The summed E-state index contributed by atoms with van der Waals surface area (Å²) in [6.45, 7) is 0.0816. The zero-order chi connectivity index (χ0) is 16.7. The van der Waals surface area contributed by atoms with E-state index in [1.54, 1.807) is 30.3 Å². The molecule has 1 N–H and O–H groups in total. The molecule has 2 rings (SSSR count). The van der Waals surface area contributed by atoms with Crippen LogP contribution in [0.2, 0.25) is 0 Å². The van der Waals surface area contributed by atoms with Gasteiger partial charge in [0, 0.05) is 23.6 Å². The van der Waals surface area contributed by atoms with Crippen molar-refractivity contribution in [2.45, 2.75) is 11.5 Å². The summed E-state index contributed by atoms with van der Waals surface area (Å²) in [7, 11) is 1.51. The lowest BCUT2D eigenvalue weighted by Gasteiger charge is -2.14. The molecule has 0 heterocycles. The Morgan fingerprint density at radius 2 is 1.96 bits per heavy atom. The molecule has 0 saturated heterocycles. The van der Waals surface area contributed by atoms with Crippen molar-refractivity contribution >= 4 is 17.7 Å². The maximum absolute atomic E-state index is 12.0. The second kappa shape index (κ2) is 8.45. The average Bonchev–Trinajstić information content (AvgIpc) is 2.59. The summed E-state index contributed by atoms with van der Waals surface area (Å²) in [4.78, 5) is 12.7. The Bertz CT molecular complexity index is 658. The first-order valence-corrected chi connectivity index (χ1v) is 8.12. The van der Waals surface area contributed by atoms with Crippen LogP contribution in [0.4, 0.5) is 0 Å². The van der Waals surface area contributed by atoms with Crippen molar-refractivity contribution in [3.05, 3.63) is 53.6 Å². The standard InChI is InChI=1S/C17H18O5S/c1-20-11-22-15-9-14(18)16(23-2)8-13(15)10-21-17(19)12-6-4-3-5-7-12/h3-9,18H,10-11H2,1-2H3. The van der Waals surface area contributed by atoms with Crippen LogP contribution in [-0.4, -0.2) is 31.2 Å². The largest absolute Gasteiger partial charge is 0.507 e. The average molecular weight is 334 g/mol. The van der Waals surface area contributed by atoms with Crippen LogP contribution in [0.3, 0.4) is 0 Å². The van der Waals surface area contributed by atoms with Crippen molar-refractivity contribution in [2.75, 3.05) is 20.2 Å². The highest BCUT2D eigenvalue weighted by Gasteiger charge is 2.13. The first kappa shape index (κ1) is 17.2. The lowest BCUT2D eigenvalue weighted by Crippen LogP contribution is -2.07. The lowest BCUT2D eigenvalue weighted by molar-refractivity contribution is 0.0417. The molecule has 122 valence electrons. The molecule has 0 unspecified atom stereocenters. The summed E-state index contributed by atoms with van der Waals surface area (Å²) in [6.07, 6.45) is 1.85. The quantitative estimate of drug-likeness (QED) is 0.475. The van der Waals surface area contributed by atoms with Gasteiger partial charge >= 0.3 is 5.97 Å². The van der Waals surface area contributed by atoms with Gasteiger partial charge in [-0.3, -0.25) is 0 Å². The van der Waals surface area contributed by atoms with Crippen molar-refractivity contribution in [1.29, 1.82) is 0 Å². The van der Waals surface area contributed by atoms with E-state index in [2.05, 4.69) is 0 Å². The molecule has 0 atom stereocenters. The maximum Gasteiger partial charge on any atom is 0.338 e. The highest BCUT2D eigenvalue weighted by molar-refractivity contribution is 7.98. The molecule has 6 heteroatoms. The monoisotopic (exact) mass is 334 g/mol. The normalized spacial score (nSPS) is 10.3. The van der Waals surface area contributed by atoms with Crippen LogP contribution < -0.4 is 4.74 Å². The van der Waals surface area contributed by atoms with E-state index in [0.29, 0.717) is 21.8 Å². The topological polar surface area (TPSA) is 65.0 Å². The Morgan fingerprint density at radius 1 is 1.22 bits per heavy atom. The molecule has 0 aliphatic rings. The molecule has 2 aromatic carbocycles. The number of esters is 1. The number of aromatic hydroxyl groups is 1. The summed E-state index contributed by atoms with van der Waals surface area (Å²) >= 11 is 1.40. The highest BCUT2D eigenvalue weighted by Crippen LogP contribution is 2.34. The molecule has 0 aliphatic carbocycles. The number of hydrogen-bond donors (Lipinski definition) is 1. The molecule has 0 bridgehead atoms. The van der Waals surface area contributed by atoms with Gasteiger partial charge in [0.05, 0.1) is 5.56 Å². The van der Waals surface area contributed by atoms with E-state index in [1.807, 2.05) is 12.3 Å². The number of phenolic OH excluding ortho intramolecular Hbond substituents is 1. The number of ether oxygens (including phenoxy) is 3. The number of hydrogen-bond acceptors (Lipinski definition) is 6. The van der Waals surface area contributed by atoms with Gasteiger partial charge < -0.3 is 19.3 Å². The third-order valence-corrected chi connectivity index (χ3v) is 3.83. The summed E-state index contributed by atoms with van der Waals surface area (Å²) in [6, 6.07) is 12.0. The van der Waals surface area contributed by atoms with E-state index in [0.717, 1.165) is 0 Å². The smallest absolute Gasteiger partial charge is 0.338 e. The van der Waals surface area contributed by atoms with Gasteiger partial charge in [0.25, 0.3) is 0 Å². The maximum atomic E-state index is 12.0. The van der Waals surface area contributed by atoms with E-state index in [4.69, 9.17) is 14.2 Å². The number of carbonyl (C=O) groups excluding carboxylic acids is 1. The number of carbonyl (C=O) groups is 1. The molecular weight excluding hydrogens is 316 g/mol. The van der Waals surface area contributed by atoms with Crippen molar-refractivity contribution in [2.24, 2.45) is 0 Å². The predicted molar refractivity (Wildman–Crippen MR) is 88.0 cm³/mol. The molecule has 0 aromatic heterocycles. The van der Waals surface area contributed by atoms with Gasteiger partial charge in [0.2, 0.25) is 0 Å². The molecule has 0 fully saturated rings. The van der Waals surface area contributed by atoms with Crippen molar-refractivity contribution in [3.8, 4) is 11.5 Å². The van der Waals surface area contributed by atoms with Gasteiger partial charge in [-0.15, -0.1) is 11.8 Å². The second-order valence-corrected chi connectivity index (χ2v) is 5.47. The van der Waals surface area contributed by atoms with Crippen LogP contribution in [0.25, 0.3) is 0 Å². The van der Waals surface area contributed by atoms with Crippen molar-refractivity contribution < 1.29 is 24.1 Å². The van der Waals surface area contributed by atoms with Crippen LogP contribution in [0.15, 0.2) is 47.4 Å². The van der Waals surface area contributed by atoms with E-state index in [1.165, 1.54) is 24.9 Å². The Morgan fingerprint density at radius 3 is 2.61 bits per heavy atom. The molecule has 2 aromatic rings. The van der Waals surface area contributed by atoms with Gasteiger partial charge in [-0.1, -0.05) is 18.2 Å². The SMILES string of the molecule is COCOc1cc(O)c(SC)cc1COC(=O)c1ccccc1. The van der Waals surface area contributed by atoms with Crippen LogP contribution in [-0.2, 0) is 16.1 Å². The van der Waals surface area contributed by atoms with E-state index in [9.17, 15) is 9.90 Å². The van der Waals surface area contributed by atoms with Crippen LogP contribution >= 0.6 is 11.8 Å². The molecule has 0 radical (unpaired) electrons. The zero-order valence-electron chi connectivity index (χ0n) is 12.9. The van der Waals surface area contributed by atoms with E-state index in [-0.39, 0.29) is 19.1 Å². The molecule has 0 saturated carbocycles. The zero-order valence-corrected chi connectivity index (χ0v) is 13.8. The minimum absolute atomic E-state index is 0.0394. The van der Waals surface area contributed by atoms with Crippen LogP contribution in [0.1, 0.15) is 15.9 Å². The highest BCUT2D eigenvalue weighted by atomic mass is 32.2. The van der Waals surface area contributed by atoms with Crippen LogP contribution in [0.5, 0.6) is 11.5 Å². The Labute approximate surface area is 139 Å². The summed E-state index contributed by atoms with van der Waals surface area (Å²) in [5.74, 6) is 0.117. The predicted octanol–water partition coefficient (Wildman–Crippen LogP) is 3.45. The van der Waals surface area contributed by atoms with Gasteiger partial charge in [0.15, 0.2) is 6.79 Å². The second-order valence-electron chi connectivity index (χ2n) is 4.62. The molecular formula is C17H18O5S. The van der Waals surface area contributed by atoms with Gasteiger partial charge in [-0.25, -0.2) is 4.79 Å². The molecule has 5 nitrogen and oxygen atoms in total. The molecule has 0 spiro atoms. The fraction of sp³-hybridized carbons (Fsp3) is 0.235. The Balaban J connectivity index is 2.15. The molecule has 23 heavy (non-hydrogen) atoms. The summed E-state index contributed by atoms with van der Waals surface area (Å²) < 4.78 is 15.6. The summed E-state index contributed by atoms with van der Waals surface area (Å²) in [5.41, 5.74) is 1.14. The molecule has 0 aliphatic heterocycles. The van der Waals surface area contributed by atoms with Gasteiger partial charge in [0.1, 0.15) is 18.1 Å². The van der Waals surface area contributed by atoms with Crippen LogP contribution in [0, 0.1) is 0 Å². The van der Waals surface area contributed by atoms with E-state index < -0.39 is 5.97 Å². The Hall–Kier alpha value is -2.18. The third-order valence-electron chi connectivity index (χ3n) is 3.06. The first-order valence-electron chi connectivity index (χ1n) is 6.89. The number of rotatable bonds is 7. The fourth-order valence-electron chi connectivity index (χ4n) is 1.93. The number of methoxy groups -OCH3 is 1. The first-order chi connectivity index (χ1) is 11.2.